The van der Waals surface area contributed by atoms with E-state index in [1.807, 2.05) is 49.4 Å². The van der Waals surface area contributed by atoms with Gasteiger partial charge in [0, 0.05) is 16.5 Å². The van der Waals surface area contributed by atoms with Crippen molar-refractivity contribution in [1.29, 1.82) is 0 Å². The van der Waals surface area contributed by atoms with Gasteiger partial charge in [-0.05, 0) is 30.7 Å². The summed E-state index contributed by atoms with van der Waals surface area (Å²) in [7, 11) is -1.39. The fraction of sp³-hybridized carbons (Fsp3) is 0.0909. The van der Waals surface area contributed by atoms with Crippen LogP contribution in [0.25, 0.3) is 22.3 Å². The number of benzene rings is 1. The number of amides is 3. The number of fused-ring (bicyclic) bond motifs is 1. The summed E-state index contributed by atoms with van der Waals surface area (Å²) in [4.78, 5) is 30.2. The molecule has 4 aromatic rings. The van der Waals surface area contributed by atoms with Crippen LogP contribution in [0.2, 0.25) is 0 Å². The highest BCUT2D eigenvalue weighted by Gasteiger charge is 2.24. The molecule has 1 saturated heterocycles. The average Bonchev–Trinajstić information content (AvgIpc) is 3.47. The number of imide groups is 1. The van der Waals surface area contributed by atoms with Crippen LogP contribution in [-0.4, -0.2) is 30.7 Å². The van der Waals surface area contributed by atoms with Gasteiger partial charge >= 0.3 is 6.03 Å². The van der Waals surface area contributed by atoms with Gasteiger partial charge in [-0.3, -0.25) is 14.3 Å². The number of carbonyl (C=O) groups is 2. The molecule has 3 aromatic heterocycles. The fourth-order valence-electron chi connectivity index (χ4n) is 3.35. The molecule has 32 heavy (non-hydrogen) atoms. The van der Waals surface area contributed by atoms with E-state index in [9.17, 15) is 13.8 Å². The number of urea groups is 1. The first-order chi connectivity index (χ1) is 15.5. The van der Waals surface area contributed by atoms with E-state index in [1.165, 1.54) is 10.6 Å². The molecule has 0 aliphatic carbocycles. The first-order valence-electron chi connectivity index (χ1n) is 9.70. The largest absolute Gasteiger partial charge is 0.326 e. The molecule has 0 spiro atoms. The second kappa shape index (κ2) is 8.13. The van der Waals surface area contributed by atoms with E-state index in [4.69, 9.17) is 4.98 Å². The molecule has 1 unspecified atom stereocenters. The van der Waals surface area contributed by atoms with E-state index in [-0.39, 0.29) is 5.70 Å². The molecule has 8 nitrogen and oxygen atoms in total. The molecule has 0 saturated carbocycles. The Morgan fingerprint density at radius 3 is 2.62 bits per heavy atom. The van der Waals surface area contributed by atoms with Gasteiger partial charge in [0.25, 0.3) is 5.91 Å². The molecule has 1 atom stereocenters. The Labute approximate surface area is 189 Å². The summed E-state index contributed by atoms with van der Waals surface area (Å²) in [5.41, 5.74) is 2.71. The zero-order valence-electron chi connectivity index (χ0n) is 16.9. The van der Waals surface area contributed by atoms with E-state index >= 15 is 0 Å². The maximum absolute atomic E-state index is 13.4. The van der Waals surface area contributed by atoms with Gasteiger partial charge < -0.3 is 5.32 Å². The highest BCUT2D eigenvalue weighted by Crippen LogP contribution is 2.29. The predicted octanol–water partition coefficient (Wildman–Crippen LogP) is 3.25. The van der Waals surface area contributed by atoms with Gasteiger partial charge in [-0.2, -0.15) is 5.10 Å². The van der Waals surface area contributed by atoms with E-state index < -0.39 is 22.7 Å². The summed E-state index contributed by atoms with van der Waals surface area (Å²) >= 11 is 1.59. The third-order valence-corrected chi connectivity index (χ3v) is 7.23. The highest BCUT2D eigenvalue weighted by atomic mass is 32.2. The number of thiophene rings is 1. The Morgan fingerprint density at radius 2 is 1.94 bits per heavy atom. The van der Waals surface area contributed by atoms with Crippen molar-refractivity contribution >= 4 is 45.8 Å². The van der Waals surface area contributed by atoms with Crippen LogP contribution in [0.5, 0.6) is 0 Å². The van der Waals surface area contributed by atoms with Crippen LogP contribution >= 0.6 is 11.3 Å². The van der Waals surface area contributed by atoms with Crippen molar-refractivity contribution in [3.63, 3.8) is 0 Å². The smallest absolute Gasteiger partial charge is 0.303 e. The molecule has 160 valence electrons. The Bertz CT molecular complexity index is 1420. The van der Waals surface area contributed by atoms with Crippen LogP contribution in [-0.2, 0) is 21.3 Å². The van der Waals surface area contributed by atoms with Crippen molar-refractivity contribution in [2.45, 2.75) is 17.7 Å². The lowest BCUT2D eigenvalue weighted by Crippen LogP contribution is -2.22. The first kappa shape index (κ1) is 20.3. The second-order valence-corrected chi connectivity index (χ2v) is 9.85. The van der Waals surface area contributed by atoms with Crippen LogP contribution in [0.3, 0.4) is 0 Å². The number of carbonyl (C=O) groups excluding carboxylic acids is 2. The van der Waals surface area contributed by atoms with Crippen molar-refractivity contribution in [1.82, 2.24) is 25.2 Å². The summed E-state index contributed by atoms with van der Waals surface area (Å²) in [6.07, 6.45) is 3.06. The summed E-state index contributed by atoms with van der Waals surface area (Å²) in [5.74, 6) is -0.190. The molecule has 10 heteroatoms. The lowest BCUT2D eigenvalue weighted by atomic mass is 10.2. The van der Waals surface area contributed by atoms with Crippen molar-refractivity contribution in [2.75, 3.05) is 0 Å². The molecule has 2 N–H and O–H groups in total. The number of aromatic nitrogens is 3. The zero-order valence-corrected chi connectivity index (χ0v) is 18.5. The minimum atomic E-state index is -1.39. The van der Waals surface area contributed by atoms with Crippen LogP contribution in [0, 0.1) is 6.92 Å². The van der Waals surface area contributed by atoms with Gasteiger partial charge in [0.15, 0.2) is 5.65 Å². The van der Waals surface area contributed by atoms with Crippen molar-refractivity contribution in [3.05, 3.63) is 76.4 Å². The SMILES string of the molecule is Cc1ccc(-c2cc(S(=O)Cc3ccccc3)n3ncc(/C=C4/NC(=O)NC4=O)c3n2)s1. The lowest BCUT2D eigenvalue weighted by Gasteiger charge is -2.08. The molecule has 0 radical (unpaired) electrons. The number of rotatable bonds is 5. The third-order valence-electron chi connectivity index (χ3n) is 4.85. The quantitative estimate of drug-likeness (QED) is 0.269. The number of aryl methyl sites for hydroxylation is 1. The van der Waals surface area contributed by atoms with E-state index in [2.05, 4.69) is 15.7 Å². The van der Waals surface area contributed by atoms with E-state index in [0.29, 0.717) is 27.7 Å². The minimum absolute atomic E-state index is 0.107. The van der Waals surface area contributed by atoms with Gasteiger partial charge in [0.2, 0.25) is 0 Å². The Kier molecular flexibility index (Phi) is 5.16. The number of hydrogen-bond acceptors (Lipinski definition) is 6. The van der Waals surface area contributed by atoms with Gasteiger partial charge in [-0.15, -0.1) is 11.3 Å². The summed E-state index contributed by atoms with van der Waals surface area (Å²) in [6.45, 7) is 2.01. The van der Waals surface area contributed by atoms with Crippen molar-refractivity contribution in [2.24, 2.45) is 0 Å². The van der Waals surface area contributed by atoms with Crippen LogP contribution in [0.1, 0.15) is 16.0 Å². The maximum atomic E-state index is 13.4. The molecule has 1 fully saturated rings. The lowest BCUT2D eigenvalue weighted by molar-refractivity contribution is -0.115. The predicted molar refractivity (Wildman–Crippen MR) is 122 cm³/mol. The maximum Gasteiger partial charge on any atom is 0.326 e. The fourth-order valence-corrected chi connectivity index (χ4v) is 5.39. The minimum Gasteiger partial charge on any atom is -0.303 e. The van der Waals surface area contributed by atoms with Gasteiger partial charge in [0.05, 0.1) is 33.3 Å². The Hall–Kier alpha value is -3.63. The topological polar surface area (TPSA) is 105 Å². The van der Waals surface area contributed by atoms with Crippen LogP contribution < -0.4 is 10.6 Å². The molecule has 1 aliphatic rings. The van der Waals surface area contributed by atoms with E-state index in [0.717, 1.165) is 15.3 Å². The molecule has 1 aromatic carbocycles. The molecule has 3 amide bonds. The van der Waals surface area contributed by atoms with Gasteiger partial charge in [-0.1, -0.05) is 30.3 Å². The zero-order chi connectivity index (χ0) is 22.2. The monoisotopic (exact) mass is 463 g/mol. The molecular formula is C22H17N5O3S2. The van der Waals surface area contributed by atoms with Gasteiger partial charge in [0.1, 0.15) is 10.7 Å². The summed E-state index contributed by atoms with van der Waals surface area (Å²) < 4.78 is 14.9. The molecule has 1 aliphatic heterocycles. The van der Waals surface area contributed by atoms with Crippen molar-refractivity contribution < 1.29 is 13.8 Å². The molecule has 4 heterocycles. The summed E-state index contributed by atoms with van der Waals surface area (Å²) in [5, 5.41) is 9.52. The highest BCUT2D eigenvalue weighted by molar-refractivity contribution is 7.84. The number of nitrogens with one attached hydrogen (secondary N) is 2. The third kappa shape index (κ3) is 3.85. The Morgan fingerprint density at radius 1 is 1.12 bits per heavy atom. The Balaban J connectivity index is 1.64. The number of nitrogens with zero attached hydrogens (tertiary/aromatic N) is 3. The van der Waals surface area contributed by atoms with Gasteiger partial charge in [-0.25, -0.2) is 14.3 Å². The standard InChI is InChI=1S/C22H17N5O3S2/c1-13-7-8-18(31-13)16-10-19(32(30)12-14-5-3-2-4-6-14)27-20(24-16)15(11-23-27)9-17-21(28)26-22(29)25-17/h2-11H,12H2,1H3,(H2,25,26,28,29)/b17-9+. The average molecular weight is 464 g/mol. The molecule has 0 bridgehead atoms. The first-order valence-corrected chi connectivity index (χ1v) is 11.8. The summed E-state index contributed by atoms with van der Waals surface area (Å²) in [6, 6.07) is 14.8. The van der Waals surface area contributed by atoms with Crippen LogP contribution in [0.15, 0.2) is 65.5 Å². The molecular weight excluding hydrogens is 446 g/mol. The van der Waals surface area contributed by atoms with Crippen LogP contribution in [0.4, 0.5) is 4.79 Å². The van der Waals surface area contributed by atoms with Crippen molar-refractivity contribution in [3.8, 4) is 10.6 Å². The molecule has 5 rings (SSSR count). The van der Waals surface area contributed by atoms with E-state index in [1.54, 1.807) is 23.6 Å². The number of hydrogen-bond donors (Lipinski definition) is 2. The second-order valence-electron chi connectivity index (χ2n) is 7.17. The normalized spacial score (nSPS) is 15.8.